The van der Waals surface area contributed by atoms with Crippen molar-refractivity contribution < 1.29 is 71.9 Å². The molecule has 576 valence electrons. The van der Waals surface area contributed by atoms with Gasteiger partial charge in [-0.05, 0) is 280 Å². The van der Waals surface area contributed by atoms with E-state index in [0.29, 0.717) is 25.0 Å². The number of rotatable bonds is 38. The second kappa shape index (κ2) is 56.1. The molecule has 0 saturated carbocycles. The first-order valence-corrected chi connectivity index (χ1v) is 36.3. The van der Waals surface area contributed by atoms with Crippen LogP contribution in [-0.2, 0) is 66.8 Å². The number of aliphatic hydroxyl groups is 1. The summed E-state index contributed by atoms with van der Waals surface area (Å²) in [5.74, 6) is -5.52. The standard InChI is InChI=1S/C24H38O3.C23H38O.C20H34O.C8H10O5.C8H14O3.C4H4O2/c1-8-24(7,27-23(26)18-22(6)25)17-11-16-21(5)15-10-14-20(4)13-9-12-19(2)3;1-19(2)11-7-12-20(3)13-8-14-21(4)15-9-16-22(5)17-10-18-23(6)24;1-7-20(6,21)16-10-15-19(5)14-9-13-18(4)12-8-11-17(2)3;1-4(9)5-6(10)12-8(2,3)13-7(5)11;1-6(9)5-7(10)11-8(2,3)4;1-3-2-4(5)6-3/h8,12,14,16H,1,9-11,13,15,17-18H2,2-7H3;11,13,15,17H,7-10,12,14,16,18H2,1-6H3;7,11,13,15,21H,1,8-10,12,14,16H2,2-6H3;5H,1-3H3;5H2,1-4H3;1-2H2/b20-14+,21-16+;20-13+,21-15+,22-17+;18-13+,19-15+;;;. The minimum absolute atomic E-state index is 0.128. The number of ketones is 4. The van der Waals surface area contributed by atoms with E-state index in [4.69, 9.17) is 18.9 Å². The first kappa shape index (κ1) is 101. The zero-order valence-corrected chi connectivity index (χ0v) is 68.1. The topological polar surface area (TPSA) is 220 Å². The molecule has 0 aromatic heterocycles. The summed E-state index contributed by atoms with van der Waals surface area (Å²) < 4.78 is 24.1. The van der Waals surface area contributed by atoms with Crippen molar-refractivity contribution in [3.05, 3.63) is 154 Å². The second-order valence-electron chi connectivity index (χ2n) is 29.7. The highest BCUT2D eigenvalue weighted by atomic mass is 16.7. The Morgan fingerprint density at radius 3 is 0.961 bits per heavy atom. The molecule has 0 bridgehead atoms. The van der Waals surface area contributed by atoms with E-state index in [9.17, 15) is 48.3 Å². The molecule has 15 nitrogen and oxygen atoms in total. The number of Topliss-reactive ketones (excluding diaryl/α,β-unsaturated/α-hetero) is 4. The number of hydrogen-bond acceptors (Lipinski definition) is 15. The van der Waals surface area contributed by atoms with Crippen LogP contribution in [0.4, 0.5) is 0 Å². The molecule has 0 radical (unpaired) electrons. The zero-order valence-electron chi connectivity index (χ0n) is 68.1. The van der Waals surface area contributed by atoms with Crippen molar-refractivity contribution in [1.29, 1.82) is 0 Å². The summed E-state index contributed by atoms with van der Waals surface area (Å²) in [6.07, 6.45) is 46.8. The first-order chi connectivity index (χ1) is 47.1. The van der Waals surface area contributed by atoms with Crippen LogP contribution in [0.1, 0.15) is 314 Å². The van der Waals surface area contributed by atoms with E-state index >= 15 is 0 Å². The van der Waals surface area contributed by atoms with Gasteiger partial charge in [0.05, 0.1) is 5.60 Å². The number of carbonyl (C=O) groups excluding carboxylic acids is 9. The lowest BCUT2D eigenvalue weighted by molar-refractivity contribution is -0.238. The van der Waals surface area contributed by atoms with Gasteiger partial charge in [-0.2, -0.15) is 0 Å². The van der Waals surface area contributed by atoms with E-state index in [1.165, 1.54) is 89.8 Å². The summed E-state index contributed by atoms with van der Waals surface area (Å²) in [7, 11) is 0. The van der Waals surface area contributed by atoms with Gasteiger partial charge in [-0.25, -0.2) is 0 Å². The van der Waals surface area contributed by atoms with Crippen molar-refractivity contribution in [1.82, 2.24) is 0 Å². The van der Waals surface area contributed by atoms with Crippen LogP contribution in [0.3, 0.4) is 0 Å². The van der Waals surface area contributed by atoms with Gasteiger partial charge in [0.1, 0.15) is 53.6 Å². The average molecular weight is 1420 g/mol. The van der Waals surface area contributed by atoms with Gasteiger partial charge in [-0.3, -0.25) is 38.4 Å². The Balaban J connectivity index is -0.000000591. The molecule has 0 aliphatic carbocycles. The molecule has 1 N–H and O–H groups in total. The predicted octanol–water partition coefficient (Wildman–Crippen LogP) is 22.1. The summed E-state index contributed by atoms with van der Waals surface area (Å²) in [5, 5.41) is 9.84. The van der Waals surface area contributed by atoms with Crippen LogP contribution in [0, 0.1) is 5.92 Å². The molecule has 2 atom stereocenters. The number of esters is 5. The molecule has 102 heavy (non-hydrogen) atoms. The minimum atomic E-state index is -1.41. The summed E-state index contributed by atoms with van der Waals surface area (Å²) in [6, 6.07) is 0. The van der Waals surface area contributed by atoms with E-state index in [1.807, 2.05) is 13.8 Å². The fourth-order valence-electron chi connectivity index (χ4n) is 9.14. The lowest BCUT2D eigenvalue weighted by Crippen LogP contribution is -2.48. The number of hydrogen-bond donors (Lipinski definition) is 1. The van der Waals surface area contributed by atoms with Crippen molar-refractivity contribution in [2.45, 2.75) is 336 Å². The molecule has 2 aliphatic rings. The van der Waals surface area contributed by atoms with Crippen LogP contribution in [-0.4, -0.2) is 80.7 Å². The smallest absolute Gasteiger partial charge is 0.331 e. The van der Waals surface area contributed by atoms with Crippen LogP contribution < -0.4 is 0 Å². The van der Waals surface area contributed by atoms with Gasteiger partial charge < -0.3 is 33.6 Å². The van der Waals surface area contributed by atoms with Crippen molar-refractivity contribution in [2.24, 2.45) is 5.92 Å². The SMILES string of the molecule is C=C1CC(=O)O1.C=CC(C)(CC/C=C(\C)CC/C=C(\C)CCC=C(C)C)OC(=O)CC(C)=O.C=CC(C)(O)CC/C=C(\C)CC/C=C(\C)CCC=C(C)C.CC(=O)C1C(=O)OC(C)(C)OC1=O.CC(=O)CC(=O)OC(C)(C)C.CC(=O)CC/C=C(\C)CC/C=C(\C)CC/C=C(\C)CCC=C(C)C. The fourth-order valence-corrected chi connectivity index (χ4v) is 9.14. The van der Waals surface area contributed by atoms with Gasteiger partial charge >= 0.3 is 29.8 Å². The maximum absolute atomic E-state index is 11.7. The Labute approximate surface area is 618 Å². The molecule has 2 saturated heterocycles. The van der Waals surface area contributed by atoms with Gasteiger partial charge in [0.2, 0.25) is 5.92 Å². The lowest BCUT2D eigenvalue weighted by Gasteiger charge is -2.31. The lowest BCUT2D eigenvalue weighted by atomic mass is 9.98. The molecular formula is C87H138O15. The molecule has 0 aromatic rings. The number of ether oxygens (including phenoxy) is 5. The van der Waals surface area contributed by atoms with Gasteiger partial charge in [-0.15, -0.1) is 6.58 Å². The van der Waals surface area contributed by atoms with Crippen LogP contribution in [0.15, 0.2) is 154 Å². The predicted molar refractivity (Wildman–Crippen MR) is 420 cm³/mol. The van der Waals surface area contributed by atoms with Crippen molar-refractivity contribution in [3.8, 4) is 0 Å². The summed E-state index contributed by atoms with van der Waals surface area (Å²) >= 11 is 0. The van der Waals surface area contributed by atoms with E-state index in [2.05, 4.69) is 175 Å². The molecule has 2 unspecified atom stereocenters. The highest BCUT2D eigenvalue weighted by Gasteiger charge is 2.45. The average Bonchev–Trinajstić information content (AvgIpc) is 0.812. The van der Waals surface area contributed by atoms with Crippen LogP contribution in [0.2, 0.25) is 0 Å². The third-order valence-corrected chi connectivity index (χ3v) is 15.3. The quantitative estimate of drug-likeness (QED) is 0.0263. The molecule has 15 heteroatoms. The molecular weight excluding hydrogens is 1280 g/mol. The van der Waals surface area contributed by atoms with E-state index in [0.717, 1.165) is 116 Å². The minimum Gasteiger partial charge on any atom is -0.460 e. The van der Waals surface area contributed by atoms with Crippen LogP contribution in [0.25, 0.3) is 0 Å². The van der Waals surface area contributed by atoms with E-state index in [-0.39, 0.29) is 36.2 Å². The van der Waals surface area contributed by atoms with Crippen LogP contribution in [0.5, 0.6) is 0 Å². The first-order valence-electron chi connectivity index (χ1n) is 36.3. The monoisotopic (exact) mass is 1420 g/mol. The molecule has 2 fully saturated rings. The third-order valence-electron chi connectivity index (χ3n) is 15.3. The van der Waals surface area contributed by atoms with Gasteiger partial charge in [0.25, 0.3) is 5.79 Å². The van der Waals surface area contributed by atoms with Crippen molar-refractivity contribution >= 4 is 53.0 Å². The molecule has 2 aliphatic heterocycles. The molecule has 0 amide bonds. The number of carbonyl (C=O) groups is 9. The Kier molecular flexibility index (Phi) is 55.6. The van der Waals surface area contributed by atoms with Gasteiger partial charge in [0.15, 0.2) is 5.78 Å². The number of cyclic esters (lactones) is 3. The Morgan fingerprint density at radius 1 is 0.441 bits per heavy atom. The normalized spacial score (nSPS) is 15.2. The largest absolute Gasteiger partial charge is 0.460 e. The van der Waals surface area contributed by atoms with Crippen molar-refractivity contribution in [2.75, 3.05) is 0 Å². The van der Waals surface area contributed by atoms with Crippen molar-refractivity contribution in [3.63, 3.8) is 0 Å². The Hall–Kier alpha value is -7.39. The highest BCUT2D eigenvalue weighted by Crippen LogP contribution is 2.25. The highest BCUT2D eigenvalue weighted by molar-refractivity contribution is 6.15. The zero-order chi connectivity index (χ0) is 79.4. The van der Waals surface area contributed by atoms with Gasteiger partial charge in [-0.1, -0.05) is 136 Å². The Bertz CT molecular complexity index is 2960. The summed E-state index contributed by atoms with van der Waals surface area (Å²) in [6.45, 7) is 56.4. The molecule has 0 spiro atoms. The van der Waals surface area contributed by atoms with Crippen LogP contribution >= 0.6 is 0 Å². The number of allylic oxidation sites excluding steroid dienone is 20. The molecule has 2 rings (SSSR count). The summed E-state index contributed by atoms with van der Waals surface area (Å²) in [5.41, 5.74) is 12.3. The van der Waals surface area contributed by atoms with E-state index < -0.39 is 58.2 Å². The fraction of sp³-hybridized carbons (Fsp3) is 0.598. The maximum Gasteiger partial charge on any atom is 0.331 e. The maximum atomic E-state index is 11.7. The third kappa shape index (κ3) is 65.9. The summed E-state index contributed by atoms with van der Waals surface area (Å²) in [4.78, 5) is 97.8. The molecule has 0 aromatic carbocycles. The van der Waals surface area contributed by atoms with Gasteiger partial charge in [0, 0.05) is 20.3 Å². The second-order valence-corrected chi connectivity index (χ2v) is 29.7. The van der Waals surface area contributed by atoms with E-state index in [1.54, 1.807) is 39.8 Å². The molecule has 2 heterocycles. The Morgan fingerprint density at radius 2 is 0.725 bits per heavy atom.